The van der Waals surface area contributed by atoms with Gasteiger partial charge in [0.1, 0.15) is 6.04 Å². The standard InChI is InChI=1S/C12H23NO2/c1-3-10(2)13-9-7-5-4-6-8-11(13)12(14)15/h10-11H,3-9H2,1-2H3,(H,14,15). The fraction of sp³-hybridized carbons (Fsp3) is 0.917. The van der Waals surface area contributed by atoms with Gasteiger partial charge in [0.15, 0.2) is 0 Å². The number of hydrogen-bond donors (Lipinski definition) is 1. The van der Waals surface area contributed by atoms with Crippen molar-refractivity contribution in [1.29, 1.82) is 0 Å². The molecule has 0 aromatic rings. The van der Waals surface area contributed by atoms with Gasteiger partial charge in [-0.1, -0.05) is 26.2 Å². The summed E-state index contributed by atoms with van der Waals surface area (Å²) in [6.45, 7) is 5.21. The number of aliphatic carboxylic acids is 1. The second-order valence-corrected chi connectivity index (χ2v) is 4.55. The average Bonchev–Trinajstić information content (AvgIpc) is 2.16. The molecule has 2 atom stereocenters. The Hall–Kier alpha value is -0.570. The Labute approximate surface area is 92.5 Å². The highest BCUT2D eigenvalue weighted by atomic mass is 16.4. The van der Waals surface area contributed by atoms with Crippen LogP contribution in [0.15, 0.2) is 0 Å². The van der Waals surface area contributed by atoms with Gasteiger partial charge < -0.3 is 5.11 Å². The summed E-state index contributed by atoms with van der Waals surface area (Å²) in [6, 6.07) is 0.143. The first-order valence-electron chi connectivity index (χ1n) is 6.15. The van der Waals surface area contributed by atoms with E-state index in [0.717, 1.165) is 32.2 Å². The number of nitrogens with zero attached hydrogens (tertiary/aromatic N) is 1. The third-order valence-corrected chi connectivity index (χ3v) is 3.49. The molecule has 15 heavy (non-hydrogen) atoms. The Bertz CT molecular complexity index is 206. The van der Waals surface area contributed by atoms with E-state index in [1.165, 1.54) is 12.8 Å². The summed E-state index contributed by atoms with van der Waals surface area (Å²) in [5.41, 5.74) is 0. The van der Waals surface area contributed by atoms with Gasteiger partial charge >= 0.3 is 5.97 Å². The third-order valence-electron chi connectivity index (χ3n) is 3.49. The van der Waals surface area contributed by atoms with Crippen LogP contribution in [-0.4, -0.2) is 34.6 Å². The summed E-state index contributed by atoms with van der Waals surface area (Å²) in [5, 5.41) is 9.23. The molecule has 1 N–H and O–H groups in total. The molecule has 1 rings (SSSR count). The van der Waals surface area contributed by atoms with Gasteiger partial charge in [-0.05, 0) is 32.7 Å². The van der Waals surface area contributed by atoms with Crippen LogP contribution in [0.2, 0.25) is 0 Å². The average molecular weight is 213 g/mol. The molecule has 0 radical (unpaired) electrons. The van der Waals surface area contributed by atoms with Crippen molar-refractivity contribution in [2.45, 2.75) is 64.5 Å². The predicted octanol–water partition coefficient (Wildman–Crippen LogP) is 2.50. The molecule has 1 heterocycles. The summed E-state index contributed by atoms with van der Waals surface area (Å²) in [4.78, 5) is 13.4. The number of likely N-dealkylation sites (tertiary alicyclic amines) is 1. The number of rotatable bonds is 3. The van der Waals surface area contributed by atoms with Crippen LogP contribution in [0.4, 0.5) is 0 Å². The Balaban J connectivity index is 2.68. The normalized spacial score (nSPS) is 26.7. The number of carbonyl (C=O) groups is 1. The van der Waals surface area contributed by atoms with E-state index in [2.05, 4.69) is 18.7 Å². The van der Waals surface area contributed by atoms with Gasteiger partial charge in [0.25, 0.3) is 0 Å². The van der Waals surface area contributed by atoms with E-state index in [0.29, 0.717) is 6.04 Å². The van der Waals surface area contributed by atoms with Crippen LogP contribution in [0.1, 0.15) is 52.4 Å². The Morgan fingerprint density at radius 1 is 1.40 bits per heavy atom. The fourth-order valence-electron chi connectivity index (χ4n) is 2.33. The maximum atomic E-state index is 11.2. The molecule has 0 saturated carbocycles. The summed E-state index contributed by atoms with van der Waals surface area (Å²) < 4.78 is 0. The van der Waals surface area contributed by atoms with Crippen molar-refractivity contribution < 1.29 is 9.90 Å². The minimum Gasteiger partial charge on any atom is -0.480 e. The molecule has 3 nitrogen and oxygen atoms in total. The molecule has 1 aliphatic heterocycles. The SMILES string of the molecule is CCC(C)N1CCCCCCC1C(=O)O. The van der Waals surface area contributed by atoms with Gasteiger partial charge in [-0.25, -0.2) is 0 Å². The highest BCUT2D eigenvalue weighted by molar-refractivity contribution is 5.73. The molecule has 0 aromatic carbocycles. The summed E-state index contributed by atoms with van der Waals surface area (Å²) in [7, 11) is 0. The summed E-state index contributed by atoms with van der Waals surface area (Å²) in [5.74, 6) is -0.641. The maximum Gasteiger partial charge on any atom is 0.320 e. The monoisotopic (exact) mass is 213 g/mol. The second-order valence-electron chi connectivity index (χ2n) is 4.55. The molecule has 0 aromatic heterocycles. The van der Waals surface area contributed by atoms with Crippen molar-refractivity contribution in [3.8, 4) is 0 Å². The van der Waals surface area contributed by atoms with Crippen LogP contribution >= 0.6 is 0 Å². The first kappa shape index (κ1) is 12.5. The zero-order chi connectivity index (χ0) is 11.3. The fourth-order valence-corrected chi connectivity index (χ4v) is 2.33. The van der Waals surface area contributed by atoms with Crippen molar-refractivity contribution in [3.05, 3.63) is 0 Å². The number of hydrogen-bond acceptors (Lipinski definition) is 2. The Morgan fingerprint density at radius 3 is 2.67 bits per heavy atom. The lowest BCUT2D eigenvalue weighted by Gasteiger charge is -2.35. The molecular formula is C12H23NO2. The van der Waals surface area contributed by atoms with E-state index in [1.54, 1.807) is 0 Å². The molecule has 1 saturated heterocycles. The quantitative estimate of drug-likeness (QED) is 0.783. The lowest BCUT2D eigenvalue weighted by molar-refractivity contribution is -0.144. The second kappa shape index (κ2) is 6.11. The zero-order valence-electron chi connectivity index (χ0n) is 9.91. The molecule has 1 aliphatic rings. The predicted molar refractivity (Wildman–Crippen MR) is 61.0 cm³/mol. The van der Waals surface area contributed by atoms with Gasteiger partial charge in [-0.3, -0.25) is 9.69 Å². The van der Waals surface area contributed by atoms with Crippen LogP contribution in [0.3, 0.4) is 0 Å². The molecule has 0 aliphatic carbocycles. The Morgan fingerprint density at radius 2 is 2.07 bits per heavy atom. The Kier molecular flexibility index (Phi) is 5.09. The van der Waals surface area contributed by atoms with Crippen molar-refractivity contribution >= 4 is 5.97 Å². The van der Waals surface area contributed by atoms with Crippen molar-refractivity contribution in [1.82, 2.24) is 4.90 Å². The first-order chi connectivity index (χ1) is 7.16. The van der Waals surface area contributed by atoms with Gasteiger partial charge in [-0.2, -0.15) is 0 Å². The molecule has 3 heteroatoms. The van der Waals surface area contributed by atoms with Crippen LogP contribution in [-0.2, 0) is 4.79 Å². The van der Waals surface area contributed by atoms with Crippen molar-refractivity contribution in [2.24, 2.45) is 0 Å². The molecule has 1 fully saturated rings. The van der Waals surface area contributed by atoms with Crippen molar-refractivity contribution in [2.75, 3.05) is 6.54 Å². The highest BCUT2D eigenvalue weighted by Gasteiger charge is 2.28. The van der Waals surface area contributed by atoms with E-state index in [1.807, 2.05) is 0 Å². The van der Waals surface area contributed by atoms with Gasteiger partial charge in [0.05, 0.1) is 0 Å². The van der Waals surface area contributed by atoms with E-state index in [-0.39, 0.29) is 6.04 Å². The zero-order valence-corrected chi connectivity index (χ0v) is 9.91. The topological polar surface area (TPSA) is 40.5 Å². The van der Waals surface area contributed by atoms with Crippen molar-refractivity contribution in [3.63, 3.8) is 0 Å². The smallest absolute Gasteiger partial charge is 0.320 e. The number of carboxylic acids is 1. The van der Waals surface area contributed by atoms with E-state index in [4.69, 9.17) is 0 Å². The molecule has 0 bridgehead atoms. The van der Waals surface area contributed by atoms with Crippen LogP contribution in [0.5, 0.6) is 0 Å². The molecule has 0 spiro atoms. The van der Waals surface area contributed by atoms with E-state index in [9.17, 15) is 9.90 Å². The molecule has 88 valence electrons. The van der Waals surface area contributed by atoms with Crippen LogP contribution in [0.25, 0.3) is 0 Å². The minimum atomic E-state index is -0.641. The molecule has 0 amide bonds. The van der Waals surface area contributed by atoms with Gasteiger partial charge in [0, 0.05) is 6.04 Å². The summed E-state index contributed by atoms with van der Waals surface area (Å²) >= 11 is 0. The van der Waals surface area contributed by atoms with E-state index >= 15 is 0 Å². The lowest BCUT2D eigenvalue weighted by Crippen LogP contribution is -2.47. The maximum absolute atomic E-state index is 11.2. The van der Waals surface area contributed by atoms with E-state index < -0.39 is 5.97 Å². The van der Waals surface area contributed by atoms with Crippen LogP contribution in [0, 0.1) is 0 Å². The van der Waals surface area contributed by atoms with Gasteiger partial charge in [0.2, 0.25) is 0 Å². The highest BCUT2D eigenvalue weighted by Crippen LogP contribution is 2.20. The largest absolute Gasteiger partial charge is 0.480 e. The van der Waals surface area contributed by atoms with Crippen LogP contribution < -0.4 is 0 Å². The molecule has 2 unspecified atom stereocenters. The van der Waals surface area contributed by atoms with Gasteiger partial charge in [-0.15, -0.1) is 0 Å². The third kappa shape index (κ3) is 3.49. The minimum absolute atomic E-state index is 0.250. The number of carboxylic acid groups (broad SMARTS) is 1. The lowest BCUT2D eigenvalue weighted by atomic mass is 10.00. The first-order valence-corrected chi connectivity index (χ1v) is 6.15. The molecular weight excluding hydrogens is 190 g/mol. The summed E-state index contributed by atoms with van der Waals surface area (Å²) in [6.07, 6.45) is 6.50.